The van der Waals surface area contributed by atoms with Crippen molar-refractivity contribution < 1.29 is 9.53 Å². The van der Waals surface area contributed by atoms with Gasteiger partial charge < -0.3 is 9.64 Å². The van der Waals surface area contributed by atoms with Crippen molar-refractivity contribution in [2.45, 2.75) is 39.8 Å². The predicted octanol–water partition coefficient (Wildman–Crippen LogP) is 3.93. The SMILES string of the molecule is CCN(Cc1ccc(C(=O)N2CCN(CCc3ccc(OC)cc3)CC2)cc1)C(C)C. The van der Waals surface area contributed by atoms with E-state index in [0.717, 1.165) is 63.5 Å². The summed E-state index contributed by atoms with van der Waals surface area (Å²) in [6.07, 6.45) is 1.02. The molecule has 0 bridgehead atoms. The fourth-order valence-corrected chi connectivity index (χ4v) is 4.08. The van der Waals surface area contributed by atoms with E-state index in [9.17, 15) is 4.79 Å². The van der Waals surface area contributed by atoms with Crippen LogP contribution in [-0.2, 0) is 13.0 Å². The molecule has 2 aromatic carbocycles. The lowest BCUT2D eigenvalue weighted by atomic mass is 10.1. The Bertz CT molecular complexity index is 810. The first-order valence-corrected chi connectivity index (χ1v) is 11.5. The average Bonchev–Trinajstić information content (AvgIpc) is 2.81. The standard InChI is InChI=1S/C26H37N3O2/c1-5-28(21(2)3)20-23-6-10-24(11-7-23)26(30)29-18-16-27(17-19-29)15-14-22-8-12-25(31-4)13-9-22/h6-13,21H,5,14-20H2,1-4H3. The Kier molecular flexibility index (Phi) is 8.50. The minimum absolute atomic E-state index is 0.151. The molecule has 1 saturated heterocycles. The van der Waals surface area contributed by atoms with E-state index in [0.29, 0.717) is 6.04 Å². The van der Waals surface area contributed by atoms with Crippen LogP contribution in [0.15, 0.2) is 48.5 Å². The molecule has 0 radical (unpaired) electrons. The smallest absolute Gasteiger partial charge is 0.253 e. The molecule has 0 N–H and O–H groups in total. The third-order valence-electron chi connectivity index (χ3n) is 6.26. The summed E-state index contributed by atoms with van der Waals surface area (Å²) in [4.78, 5) is 19.8. The first kappa shape index (κ1) is 23.3. The molecule has 1 fully saturated rings. The number of methoxy groups -OCH3 is 1. The molecule has 2 aromatic rings. The van der Waals surface area contributed by atoms with E-state index in [4.69, 9.17) is 4.74 Å². The Hall–Kier alpha value is -2.37. The second-order valence-electron chi connectivity index (χ2n) is 8.59. The maximum atomic E-state index is 12.9. The van der Waals surface area contributed by atoms with Gasteiger partial charge in [-0.25, -0.2) is 0 Å². The van der Waals surface area contributed by atoms with E-state index in [2.05, 4.69) is 54.8 Å². The molecule has 5 heteroatoms. The molecule has 0 aromatic heterocycles. The Morgan fingerprint density at radius 1 is 0.968 bits per heavy atom. The van der Waals surface area contributed by atoms with Crippen molar-refractivity contribution in [2.24, 2.45) is 0 Å². The van der Waals surface area contributed by atoms with Crippen LogP contribution >= 0.6 is 0 Å². The van der Waals surface area contributed by atoms with Gasteiger partial charge in [-0.3, -0.25) is 14.6 Å². The van der Waals surface area contributed by atoms with Gasteiger partial charge in [-0.05, 0) is 62.2 Å². The molecule has 1 aliphatic rings. The minimum Gasteiger partial charge on any atom is -0.497 e. The molecule has 5 nitrogen and oxygen atoms in total. The van der Waals surface area contributed by atoms with Crippen molar-refractivity contribution in [1.29, 1.82) is 0 Å². The van der Waals surface area contributed by atoms with Crippen molar-refractivity contribution >= 4 is 5.91 Å². The molecular formula is C26H37N3O2. The fourth-order valence-electron chi connectivity index (χ4n) is 4.08. The van der Waals surface area contributed by atoms with Crippen molar-refractivity contribution in [3.05, 3.63) is 65.2 Å². The highest BCUT2D eigenvalue weighted by atomic mass is 16.5. The number of carbonyl (C=O) groups excluding carboxylic acids is 1. The summed E-state index contributed by atoms with van der Waals surface area (Å²) in [5, 5.41) is 0. The summed E-state index contributed by atoms with van der Waals surface area (Å²) in [6.45, 7) is 13.0. The van der Waals surface area contributed by atoms with E-state index in [-0.39, 0.29) is 5.91 Å². The van der Waals surface area contributed by atoms with Crippen LogP contribution in [-0.4, -0.2) is 73.0 Å². The Morgan fingerprint density at radius 2 is 1.58 bits per heavy atom. The average molecular weight is 424 g/mol. The van der Waals surface area contributed by atoms with Crippen LogP contribution in [0, 0.1) is 0 Å². The lowest BCUT2D eigenvalue weighted by molar-refractivity contribution is 0.0638. The molecule has 0 spiro atoms. The van der Waals surface area contributed by atoms with Gasteiger partial charge in [-0.2, -0.15) is 0 Å². The van der Waals surface area contributed by atoms with Crippen molar-refractivity contribution in [1.82, 2.24) is 14.7 Å². The van der Waals surface area contributed by atoms with E-state index >= 15 is 0 Å². The summed E-state index contributed by atoms with van der Waals surface area (Å²) in [5.41, 5.74) is 3.37. The van der Waals surface area contributed by atoms with Crippen LogP contribution in [0.4, 0.5) is 0 Å². The first-order valence-electron chi connectivity index (χ1n) is 11.5. The van der Waals surface area contributed by atoms with Gasteiger partial charge in [0, 0.05) is 50.9 Å². The van der Waals surface area contributed by atoms with Gasteiger partial charge in [0.1, 0.15) is 5.75 Å². The van der Waals surface area contributed by atoms with Crippen molar-refractivity contribution in [3.63, 3.8) is 0 Å². The number of nitrogens with zero attached hydrogens (tertiary/aromatic N) is 3. The van der Waals surface area contributed by atoms with Crippen molar-refractivity contribution in [3.8, 4) is 5.75 Å². The topological polar surface area (TPSA) is 36.0 Å². The minimum atomic E-state index is 0.151. The number of piperazine rings is 1. The number of carbonyl (C=O) groups is 1. The number of amides is 1. The fraction of sp³-hybridized carbons (Fsp3) is 0.500. The van der Waals surface area contributed by atoms with E-state index in [1.54, 1.807) is 7.11 Å². The summed E-state index contributed by atoms with van der Waals surface area (Å²) in [7, 11) is 1.69. The number of hydrogen-bond donors (Lipinski definition) is 0. The predicted molar refractivity (Wildman–Crippen MR) is 127 cm³/mol. The second-order valence-corrected chi connectivity index (χ2v) is 8.59. The van der Waals surface area contributed by atoms with Crippen LogP contribution in [0.3, 0.4) is 0 Å². The van der Waals surface area contributed by atoms with Gasteiger partial charge in [0.2, 0.25) is 0 Å². The van der Waals surface area contributed by atoms with Gasteiger partial charge in [-0.15, -0.1) is 0 Å². The number of rotatable bonds is 9. The molecule has 168 valence electrons. The normalized spacial score (nSPS) is 15.0. The number of benzene rings is 2. The highest BCUT2D eigenvalue weighted by Gasteiger charge is 2.22. The molecule has 0 aliphatic carbocycles. The third-order valence-corrected chi connectivity index (χ3v) is 6.26. The summed E-state index contributed by atoms with van der Waals surface area (Å²) in [6, 6.07) is 17.0. The van der Waals surface area contributed by atoms with Gasteiger partial charge in [-0.1, -0.05) is 31.2 Å². The van der Waals surface area contributed by atoms with Crippen molar-refractivity contribution in [2.75, 3.05) is 46.4 Å². The van der Waals surface area contributed by atoms with Crippen LogP contribution in [0.5, 0.6) is 5.75 Å². The Balaban J connectivity index is 1.46. The molecule has 3 rings (SSSR count). The van der Waals surface area contributed by atoms with Crippen LogP contribution < -0.4 is 4.74 Å². The molecule has 1 heterocycles. The molecule has 1 amide bonds. The molecule has 1 aliphatic heterocycles. The van der Waals surface area contributed by atoms with Gasteiger partial charge in [0.25, 0.3) is 5.91 Å². The van der Waals surface area contributed by atoms with E-state index in [1.165, 1.54) is 11.1 Å². The maximum absolute atomic E-state index is 12.9. The van der Waals surface area contributed by atoms with E-state index < -0.39 is 0 Å². The van der Waals surface area contributed by atoms with Gasteiger partial charge in [0.05, 0.1) is 7.11 Å². The highest BCUT2D eigenvalue weighted by Crippen LogP contribution is 2.15. The molecule has 31 heavy (non-hydrogen) atoms. The number of ether oxygens (including phenoxy) is 1. The summed E-state index contributed by atoms with van der Waals surface area (Å²) < 4.78 is 5.22. The summed E-state index contributed by atoms with van der Waals surface area (Å²) >= 11 is 0. The van der Waals surface area contributed by atoms with Crippen LogP contribution in [0.25, 0.3) is 0 Å². The zero-order valence-electron chi connectivity index (χ0n) is 19.5. The lowest BCUT2D eigenvalue weighted by Gasteiger charge is -2.34. The Morgan fingerprint density at radius 3 is 2.13 bits per heavy atom. The van der Waals surface area contributed by atoms with Crippen LogP contribution in [0.2, 0.25) is 0 Å². The maximum Gasteiger partial charge on any atom is 0.253 e. The van der Waals surface area contributed by atoms with Gasteiger partial charge >= 0.3 is 0 Å². The first-order chi connectivity index (χ1) is 15.0. The Labute approximate surface area is 187 Å². The largest absolute Gasteiger partial charge is 0.497 e. The molecule has 0 saturated carbocycles. The third kappa shape index (κ3) is 6.55. The van der Waals surface area contributed by atoms with Gasteiger partial charge in [0.15, 0.2) is 0 Å². The van der Waals surface area contributed by atoms with E-state index in [1.807, 2.05) is 29.2 Å². The molecule has 0 atom stereocenters. The zero-order chi connectivity index (χ0) is 22.2. The zero-order valence-corrected chi connectivity index (χ0v) is 19.5. The molecule has 0 unspecified atom stereocenters. The molecular weight excluding hydrogens is 386 g/mol. The van der Waals surface area contributed by atoms with Crippen LogP contribution in [0.1, 0.15) is 42.3 Å². The lowest BCUT2D eigenvalue weighted by Crippen LogP contribution is -2.49. The second kappa shape index (κ2) is 11.3. The highest BCUT2D eigenvalue weighted by molar-refractivity contribution is 5.94. The summed E-state index contributed by atoms with van der Waals surface area (Å²) in [5.74, 6) is 1.05. The quantitative estimate of drug-likeness (QED) is 0.612. The number of hydrogen-bond acceptors (Lipinski definition) is 4. The monoisotopic (exact) mass is 423 g/mol.